The van der Waals surface area contributed by atoms with E-state index in [1.54, 1.807) is 29.8 Å². The van der Waals surface area contributed by atoms with E-state index >= 15 is 0 Å². The third-order valence-corrected chi connectivity index (χ3v) is 4.86. The van der Waals surface area contributed by atoms with Crippen LogP contribution in [0.2, 0.25) is 0 Å². The first-order chi connectivity index (χ1) is 11.1. The van der Waals surface area contributed by atoms with Crippen molar-refractivity contribution in [3.8, 4) is 0 Å². The van der Waals surface area contributed by atoms with E-state index in [2.05, 4.69) is 37.0 Å². The lowest BCUT2D eigenvalue weighted by Gasteiger charge is -2.41. The van der Waals surface area contributed by atoms with E-state index in [0.29, 0.717) is 12.0 Å². The Morgan fingerprint density at radius 1 is 1.30 bits per heavy atom. The summed E-state index contributed by atoms with van der Waals surface area (Å²) in [6.45, 7) is 6.61. The van der Waals surface area contributed by atoms with Gasteiger partial charge in [-0.2, -0.15) is 0 Å². The summed E-state index contributed by atoms with van der Waals surface area (Å²) in [6, 6.07) is 1.82. The van der Waals surface area contributed by atoms with Gasteiger partial charge in [0.25, 0.3) is 0 Å². The van der Waals surface area contributed by atoms with Crippen molar-refractivity contribution in [2.75, 3.05) is 29.9 Å². The average molecular weight is 332 g/mol. The Morgan fingerprint density at radius 2 is 2.09 bits per heavy atom. The second kappa shape index (κ2) is 7.01. The minimum Gasteiger partial charge on any atom is -0.343 e. The molecule has 8 heteroatoms. The molecule has 2 aromatic rings. The SMILES string of the molecule is C[C@@H]1CN([C@@H](C)C(=O)Nc2ncccn2)CCN1c1nccs1. The fourth-order valence-corrected chi connectivity index (χ4v) is 3.50. The number of anilines is 2. The first-order valence-electron chi connectivity index (χ1n) is 7.63. The molecule has 0 bridgehead atoms. The van der Waals surface area contributed by atoms with Gasteiger partial charge in [-0.25, -0.2) is 15.0 Å². The first kappa shape index (κ1) is 15.8. The molecule has 3 heterocycles. The van der Waals surface area contributed by atoms with Gasteiger partial charge in [-0.1, -0.05) is 0 Å². The third-order valence-electron chi connectivity index (χ3n) is 4.05. The minimum atomic E-state index is -0.222. The molecule has 2 aromatic heterocycles. The zero-order chi connectivity index (χ0) is 16.2. The molecule has 0 aromatic carbocycles. The zero-order valence-corrected chi connectivity index (χ0v) is 14.0. The molecule has 7 nitrogen and oxygen atoms in total. The highest BCUT2D eigenvalue weighted by atomic mass is 32.1. The van der Waals surface area contributed by atoms with Crippen LogP contribution in [0.25, 0.3) is 0 Å². The molecule has 3 rings (SSSR count). The van der Waals surface area contributed by atoms with Gasteiger partial charge in [0.05, 0.1) is 6.04 Å². The Morgan fingerprint density at radius 3 is 2.74 bits per heavy atom. The summed E-state index contributed by atoms with van der Waals surface area (Å²) in [7, 11) is 0. The summed E-state index contributed by atoms with van der Waals surface area (Å²) < 4.78 is 0. The van der Waals surface area contributed by atoms with Crippen LogP contribution in [0.3, 0.4) is 0 Å². The molecule has 0 saturated carbocycles. The van der Waals surface area contributed by atoms with Crippen LogP contribution in [0, 0.1) is 0 Å². The van der Waals surface area contributed by atoms with Gasteiger partial charge in [0.2, 0.25) is 11.9 Å². The second-order valence-corrected chi connectivity index (χ2v) is 6.46. The molecule has 23 heavy (non-hydrogen) atoms. The minimum absolute atomic E-state index is 0.0777. The quantitative estimate of drug-likeness (QED) is 0.914. The molecule has 1 aliphatic heterocycles. The fraction of sp³-hybridized carbons (Fsp3) is 0.467. The van der Waals surface area contributed by atoms with Crippen LogP contribution in [0.15, 0.2) is 30.0 Å². The largest absolute Gasteiger partial charge is 0.343 e. The maximum Gasteiger partial charge on any atom is 0.243 e. The number of aromatic nitrogens is 3. The van der Waals surface area contributed by atoms with E-state index in [0.717, 1.165) is 24.8 Å². The Hall–Kier alpha value is -2.06. The summed E-state index contributed by atoms with van der Waals surface area (Å²) in [5, 5.41) is 5.80. The molecule has 0 radical (unpaired) electrons. The van der Waals surface area contributed by atoms with E-state index in [9.17, 15) is 4.79 Å². The van der Waals surface area contributed by atoms with Crippen LogP contribution < -0.4 is 10.2 Å². The van der Waals surface area contributed by atoms with Gasteiger partial charge in [-0.05, 0) is 19.9 Å². The Balaban J connectivity index is 1.58. The Labute approximate surface area is 139 Å². The molecular formula is C15H20N6OS. The number of rotatable bonds is 4. The number of carbonyl (C=O) groups excluding carboxylic acids is 1. The molecule has 0 aliphatic carbocycles. The van der Waals surface area contributed by atoms with Crippen molar-refractivity contribution in [3.05, 3.63) is 30.0 Å². The lowest BCUT2D eigenvalue weighted by Crippen LogP contribution is -2.56. The van der Waals surface area contributed by atoms with Crippen LogP contribution in [0.5, 0.6) is 0 Å². The lowest BCUT2D eigenvalue weighted by molar-refractivity contribution is -0.121. The molecule has 0 unspecified atom stereocenters. The molecule has 1 saturated heterocycles. The number of nitrogens with one attached hydrogen (secondary N) is 1. The van der Waals surface area contributed by atoms with E-state index in [4.69, 9.17) is 0 Å². The highest BCUT2D eigenvalue weighted by molar-refractivity contribution is 7.13. The summed E-state index contributed by atoms with van der Waals surface area (Å²) in [5.74, 6) is 0.268. The smallest absolute Gasteiger partial charge is 0.243 e. The number of nitrogens with zero attached hydrogens (tertiary/aromatic N) is 5. The molecule has 0 spiro atoms. The number of amides is 1. The summed E-state index contributed by atoms with van der Waals surface area (Å²) in [6.07, 6.45) is 5.05. The molecule has 1 N–H and O–H groups in total. The normalized spacial score (nSPS) is 20.3. The van der Waals surface area contributed by atoms with Crippen molar-refractivity contribution >= 4 is 28.3 Å². The number of piperazine rings is 1. The van der Waals surface area contributed by atoms with Crippen LogP contribution >= 0.6 is 11.3 Å². The molecular weight excluding hydrogens is 312 g/mol. The van der Waals surface area contributed by atoms with E-state index in [1.807, 2.05) is 18.5 Å². The van der Waals surface area contributed by atoms with Crippen LogP contribution in [0.1, 0.15) is 13.8 Å². The number of hydrogen-bond donors (Lipinski definition) is 1. The Kier molecular flexibility index (Phi) is 4.82. The zero-order valence-electron chi connectivity index (χ0n) is 13.2. The van der Waals surface area contributed by atoms with Gasteiger partial charge in [-0.15, -0.1) is 11.3 Å². The molecule has 1 amide bonds. The van der Waals surface area contributed by atoms with Crippen molar-refractivity contribution in [1.29, 1.82) is 0 Å². The van der Waals surface area contributed by atoms with Gasteiger partial charge in [0.1, 0.15) is 0 Å². The monoisotopic (exact) mass is 332 g/mol. The predicted octanol–water partition coefficient (Wildman–Crippen LogP) is 1.47. The molecule has 122 valence electrons. The Bertz CT molecular complexity index is 635. The third kappa shape index (κ3) is 3.65. The maximum atomic E-state index is 12.4. The number of carbonyl (C=O) groups is 1. The highest BCUT2D eigenvalue weighted by Gasteiger charge is 2.30. The van der Waals surface area contributed by atoms with Crippen molar-refractivity contribution in [3.63, 3.8) is 0 Å². The standard InChI is InChI=1S/C15H20N6OS/c1-11-10-20(7-8-21(11)15-18-6-9-23-15)12(2)13(22)19-14-16-4-3-5-17-14/h3-6,9,11-12H,7-8,10H2,1-2H3,(H,16,17,19,22)/t11-,12+/m1/s1. The van der Waals surface area contributed by atoms with Gasteiger partial charge in [-0.3, -0.25) is 15.0 Å². The van der Waals surface area contributed by atoms with Crippen LogP contribution in [-0.4, -0.2) is 57.5 Å². The lowest BCUT2D eigenvalue weighted by atomic mass is 10.1. The molecule has 1 aliphatic rings. The van der Waals surface area contributed by atoms with Crippen LogP contribution in [-0.2, 0) is 4.79 Å². The van der Waals surface area contributed by atoms with E-state index in [-0.39, 0.29) is 11.9 Å². The fourth-order valence-electron chi connectivity index (χ4n) is 2.72. The summed E-state index contributed by atoms with van der Waals surface area (Å²) in [4.78, 5) is 29.3. The first-order valence-corrected chi connectivity index (χ1v) is 8.51. The number of thiazole rings is 1. The van der Waals surface area contributed by atoms with E-state index in [1.165, 1.54) is 0 Å². The van der Waals surface area contributed by atoms with Gasteiger partial charge in [0, 0.05) is 49.6 Å². The molecule has 2 atom stereocenters. The average Bonchev–Trinajstić information content (AvgIpc) is 3.09. The number of hydrogen-bond acceptors (Lipinski definition) is 7. The van der Waals surface area contributed by atoms with Crippen molar-refractivity contribution in [1.82, 2.24) is 19.9 Å². The van der Waals surface area contributed by atoms with Gasteiger partial charge < -0.3 is 4.90 Å². The topological polar surface area (TPSA) is 74.2 Å². The van der Waals surface area contributed by atoms with Gasteiger partial charge in [0.15, 0.2) is 5.13 Å². The van der Waals surface area contributed by atoms with Crippen molar-refractivity contribution in [2.24, 2.45) is 0 Å². The van der Waals surface area contributed by atoms with Crippen molar-refractivity contribution < 1.29 is 4.79 Å². The predicted molar refractivity (Wildman–Crippen MR) is 90.6 cm³/mol. The highest BCUT2D eigenvalue weighted by Crippen LogP contribution is 2.23. The summed E-state index contributed by atoms with van der Waals surface area (Å²) >= 11 is 1.65. The van der Waals surface area contributed by atoms with Crippen molar-refractivity contribution in [2.45, 2.75) is 25.9 Å². The van der Waals surface area contributed by atoms with Gasteiger partial charge >= 0.3 is 0 Å². The van der Waals surface area contributed by atoms with E-state index < -0.39 is 0 Å². The van der Waals surface area contributed by atoms with Crippen LogP contribution in [0.4, 0.5) is 11.1 Å². The maximum absolute atomic E-state index is 12.4. The molecule has 1 fully saturated rings. The second-order valence-electron chi connectivity index (χ2n) is 5.59. The summed E-state index contributed by atoms with van der Waals surface area (Å²) in [5.41, 5.74) is 0.